The van der Waals surface area contributed by atoms with Gasteiger partial charge in [-0.15, -0.1) is 10.2 Å². The second-order valence-corrected chi connectivity index (χ2v) is 3.92. The molecule has 1 atom stereocenters. The number of amides is 1. The fourth-order valence-electron chi connectivity index (χ4n) is 0.869. The lowest BCUT2D eigenvalue weighted by atomic mass is 10.0. The molecule has 16 heavy (non-hydrogen) atoms. The normalized spacial score (nSPS) is 14.2. The van der Waals surface area contributed by atoms with Gasteiger partial charge in [-0.1, -0.05) is 6.92 Å². The molecular formula is C10H16N4O2. The quantitative estimate of drug-likeness (QED) is 0.737. The van der Waals surface area contributed by atoms with Crippen molar-refractivity contribution in [2.75, 3.05) is 6.61 Å². The number of nitrogens with two attached hydrogens (primary N) is 2. The number of aromatic nitrogens is 2. The van der Waals surface area contributed by atoms with Crippen LogP contribution in [0.3, 0.4) is 0 Å². The minimum Gasteiger partial charge on any atom is -0.475 e. The number of rotatable bonds is 5. The minimum absolute atomic E-state index is 0.110. The van der Waals surface area contributed by atoms with Crippen molar-refractivity contribution in [1.82, 2.24) is 10.2 Å². The van der Waals surface area contributed by atoms with Gasteiger partial charge in [0.05, 0.1) is 0 Å². The minimum atomic E-state index is -0.615. The maximum Gasteiger partial charge on any atom is 0.269 e. The van der Waals surface area contributed by atoms with Crippen molar-refractivity contribution in [3.05, 3.63) is 17.8 Å². The summed E-state index contributed by atoms with van der Waals surface area (Å²) in [6, 6.07) is 3.00. The summed E-state index contributed by atoms with van der Waals surface area (Å²) in [5.41, 5.74) is 10.6. The topological polar surface area (TPSA) is 104 Å². The molecule has 0 bridgehead atoms. The summed E-state index contributed by atoms with van der Waals surface area (Å²) in [5, 5.41) is 7.32. The molecule has 0 aromatic carbocycles. The van der Waals surface area contributed by atoms with Crippen LogP contribution in [0.1, 0.15) is 30.8 Å². The predicted molar refractivity (Wildman–Crippen MR) is 58.9 cm³/mol. The van der Waals surface area contributed by atoms with Gasteiger partial charge >= 0.3 is 0 Å². The van der Waals surface area contributed by atoms with Gasteiger partial charge in [-0.2, -0.15) is 0 Å². The van der Waals surface area contributed by atoms with E-state index in [9.17, 15) is 4.79 Å². The molecule has 0 radical (unpaired) electrons. The molecule has 0 saturated carbocycles. The Bertz CT molecular complexity index is 362. The van der Waals surface area contributed by atoms with Gasteiger partial charge in [0.1, 0.15) is 6.61 Å². The number of hydrogen-bond donors (Lipinski definition) is 2. The van der Waals surface area contributed by atoms with Crippen molar-refractivity contribution in [3.63, 3.8) is 0 Å². The Morgan fingerprint density at radius 3 is 2.62 bits per heavy atom. The summed E-state index contributed by atoms with van der Waals surface area (Å²) in [4.78, 5) is 10.7. The molecule has 6 heteroatoms. The summed E-state index contributed by atoms with van der Waals surface area (Å²) in [6.07, 6.45) is 0.791. The van der Waals surface area contributed by atoms with E-state index in [2.05, 4.69) is 10.2 Å². The first-order valence-electron chi connectivity index (χ1n) is 5.00. The Morgan fingerprint density at radius 2 is 2.19 bits per heavy atom. The molecule has 0 aliphatic rings. The zero-order valence-electron chi connectivity index (χ0n) is 9.43. The van der Waals surface area contributed by atoms with Gasteiger partial charge in [-0.25, -0.2) is 0 Å². The second-order valence-electron chi connectivity index (χ2n) is 3.92. The van der Waals surface area contributed by atoms with Crippen LogP contribution >= 0.6 is 0 Å². The number of carbonyl (C=O) groups is 1. The van der Waals surface area contributed by atoms with E-state index in [4.69, 9.17) is 16.2 Å². The van der Waals surface area contributed by atoms with E-state index >= 15 is 0 Å². The van der Waals surface area contributed by atoms with Gasteiger partial charge in [0.15, 0.2) is 5.69 Å². The summed E-state index contributed by atoms with van der Waals surface area (Å²) in [6.45, 7) is 4.21. The largest absolute Gasteiger partial charge is 0.475 e. The van der Waals surface area contributed by atoms with E-state index in [1.807, 2.05) is 13.8 Å². The predicted octanol–water partition coefficient (Wildman–Crippen LogP) is 0.0817. The SMILES string of the molecule is CCC(C)(N)COc1ccc(C(N)=O)nn1. The van der Waals surface area contributed by atoms with Crippen LogP contribution in [-0.4, -0.2) is 28.3 Å². The highest BCUT2D eigenvalue weighted by molar-refractivity contribution is 5.90. The van der Waals surface area contributed by atoms with Gasteiger partial charge in [-0.05, 0) is 19.4 Å². The lowest BCUT2D eigenvalue weighted by Crippen LogP contribution is -2.41. The van der Waals surface area contributed by atoms with E-state index < -0.39 is 11.4 Å². The molecule has 6 nitrogen and oxygen atoms in total. The molecule has 1 unspecified atom stereocenters. The van der Waals surface area contributed by atoms with Gasteiger partial charge in [0.2, 0.25) is 5.88 Å². The van der Waals surface area contributed by atoms with Crippen molar-refractivity contribution in [1.29, 1.82) is 0 Å². The van der Waals surface area contributed by atoms with E-state index in [1.54, 1.807) is 6.07 Å². The second kappa shape index (κ2) is 4.89. The highest BCUT2D eigenvalue weighted by atomic mass is 16.5. The van der Waals surface area contributed by atoms with E-state index in [0.29, 0.717) is 12.5 Å². The molecule has 4 N–H and O–H groups in total. The highest BCUT2D eigenvalue weighted by Gasteiger charge is 2.16. The Balaban J connectivity index is 2.59. The van der Waals surface area contributed by atoms with Crippen molar-refractivity contribution in [2.24, 2.45) is 11.5 Å². The molecular weight excluding hydrogens is 208 g/mol. The molecule has 0 saturated heterocycles. The number of primary amides is 1. The number of hydrogen-bond acceptors (Lipinski definition) is 5. The molecule has 1 aromatic rings. The van der Waals surface area contributed by atoms with Crippen molar-refractivity contribution in [3.8, 4) is 5.88 Å². The Labute approximate surface area is 94.0 Å². The van der Waals surface area contributed by atoms with Crippen LogP contribution in [0.2, 0.25) is 0 Å². The molecule has 0 spiro atoms. The zero-order valence-corrected chi connectivity index (χ0v) is 9.43. The van der Waals surface area contributed by atoms with E-state index in [0.717, 1.165) is 6.42 Å². The number of nitrogens with zero attached hydrogens (tertiary/aromatic N) is 2. The lowest BCUT2D eigenvalue weighted by molar-refractivity contribution is 0.0994. The monoisotopic (exact) mass is 224 g/mol. The summed E-state index contributed by atoms with van der Waals surface area (Å²) in [7, 11) is 0. The maximum absolute atomic E-state index is 10.7. The van der Waals surface area contributed by atoms with E-state index in [1.165, 1.54) is 6.07 Å². The van der Waals surface area contributed by atoms with Gasteiger partial charge in [0.25, 0.3) is 5.91 Å². The molecule has 1 amide bonds. The molecule has 1 rings (SSSR count). The fourth-order valence-corrected chi connectivity index (χ4v) is 0.869. The van der Waals surface area contributed by atoms with Gasteiger partial charge in [0, 0.05) is 11.6 Å². The Kier molecular flexibility index (Phi) is 3.78. The van der Waals surface area contributed by atoms with Crippen molar-refractivity contribution < 1.29 is 9.53 Å². The van der Waals surface area contributed by atoms with Crippen LogP contribution in [-0.2, 0) is 0 Å². The average Bonchev–Trinajstić information content (AvgIpc) is 2.27. The molecule has 1 aromatic heterocycles. The number of carbonyl (C=O) groups excluding carboxylic acids is 1. The average molecular weight is 224 g/mol. The van der Waals surface area contributed by atoms with Crippen LogP contribution in [0.4, 0.5) is 0 Å². The maximum atomic E-state index is 10.7. The first kappa shape index (κ1) is 12.4. The van der Waals surface area contributed by atoms with Crippen molar-refractivity contribution >= 4 is 5.91 Å². The third kappa shape index (κ3) is 3.47. The van der Waals surface area contributed by atoms with Crippen LogP contribution in [0, 0.1) is 0 Å². The number of ether oxygens (including phenoxy) is 1. The van der Waals surface area contributed by atoms with Gasteiger partial charge in [-0.3, -0.25) is 4.79 Å². The zero-order chi connectivity index (χ0) is 12.2. The van der Waals surface area contributed by atoms with Crippen LogP contribution < -0.4 is 16.2 Å². The van der Waals surface area contributed by atoms with Crippen LogP contribution in [0.25, 0.3) is 0 Å². The third-order valence-electron chi connectivity index (χ3n) is 2.25. The van der Waals surface area contributed by atoms with Crippen LogP contribution in [0.15, 0.2) is 12.1 Å². The molecule has 88 valence electrons. The fraction of sp³-hybridized carbons (Fsp3) is 0.500. The molecule has 0 aliphatic heterocycles. The smallest absolute Gasteiger partial charge is 0.269 e. The standard InChI is InChI=1S/C10H16N4O2/c1-3-10(2,12)6-16-8-5-4-7(9(11)15)13-14-8/h4-5H,3,6,12H2,1-2H3,(H2,11,15). The van der Waals surface area contributed by atoms with Crippen molar-refractivity contribution in [2.45, 2.75) is 25.8 Å². The lowest BCUT2D eigenvalue weighted by Gasteiger charge is -2.21. The first-order chi connectivity index (χ1) is 7.44. The molecule has 1 heterocycles. The first-order valence-corrected chi connectivity index (χ1v) is 5.00. The highest BCUT2D eigenvalue weighted by Crippen LogP contribution is 2.09. The summed E-state index contributed by atoms with van der Waals surface area (Å²) in [5.74, 6) is -0.286. The molecule has 0 fully saturated rings. The van der Waals surface area contributed by atoms with Gasteiger partial charge < -0.3 is 16.2 Å². The third-order valence-corrected chi connectivity index (χ3v) is 2.25. The molecule has 0 aliphatic carbocycles. The summed E-state index contributed by atoms with van der Waals surface area (Å²) < 4.78 is 5.35. The summed E-state index contributed by atoms with van der Waals surface area (Å²) >= 11 is 0. The Hall–Kier alpha value is -1.69. The van der Waals surface area contributed by atoms with E-state index in [-0.39, 0.29) is 5.69 Å². The van der Waals surface area contributed by atoms with Crippen LogP contribution in [0.5, 0.6) is 5.88 Å². The Morgan fingerprint density at radius 1 is 1.50 bits per heavy atom.